The highest BCUT2D eigenvalue weighted by Crippen LogP contribution is 2.23. The molecule has 172 valence electrons. The van der Waals surface area contributed by atoms with E-state index in [-0.39, 0.29) is 0 Å². The molecule has 1 N–H and O–H groups in total. The summed E-state index contributed by atoms with van der Waals surface area (Å²) < 4.78 is 28.7. The van der Waals surface area contributed by atoms with Crippen LogP contribution in [0.4, 0.5) is 8.78 Å². The van der Waals surface area contributed by atoms with Crippen LogP contribution in [-0.2, 0) is 12.8 Å². The molecule has 4 aromatic rings. The number of benzene rings is 2. The number of aromatic nitrogens is 4. The van der Waals surface area contributed by atoms with Gasteiger partial charge in [0.05, 0.1) is 0 Å². The van der Waals surface area contributed by atoms with E-state index < -0.39 is 11.6 Å². The van der Waals surface area contributed by atoms with Gasteiger partial charge in [-0.25, -0.2) is 8.78 Å². The van der Waals surface area contributed by atoms with Crippen LogP contribution >= 0.6 is 0 Å². The standard InChI is InChI=1S/C25H28F2N6/c26-21-12-19(13-22(27)14-21)5-7-32-10-8-31(9-11-32)6-1-2-20-16-28-25-4-3-23(15-24(20)25)33-17-29-30-18-33/h3-4,12-18,28H,1-2,5-11H2. The largest absolute Gasteiger partial charge is 0.361 e. The summed E-state index contributed by atoms with van der Waals surface area (Å²) in [4.78, 5) is 8.27. The SMILES string of the molecule is Fc1cc(F)cc(CCN2CCN(CCCc3c[nH]c4ccc(-n5cnnc5)cc34)CC2)c1. The normalized spacial score (nSPS) is 15.5. The molecule has 0 aliphatic carbocycles. The van der Waals surface area contributed by atoms with Crippen LogP contribution in [0.2, 0.25) is 0 Å². The van der Waals surface area contributed by atoms with Crippen molar-refractivity contribution >= 4 is 10.9 Å². The van der Waals surface area contributed by atoms with Gasteiger partial charge in [0.1, 0.15) is 24.3 Å². The van der Waals surface area contributed by atoms with Gasteiger partial charge < -0.3 is 14.8 Å². The Kier molecular flexibility index (Phi) is 6.46. The number of halogens is 2. The molecular weight excluding hydrogens is 422 g/mol. The van der Waals surface area contributed by atoms with E-state index in [4.69, 9.17) is 0 Å². The molecule has 0 unspecified atom stereocenters. The fourth-order valence-electron chi connectivity index (χ4n) is 4.64. The minimum absolute atomic E-state index is 0.500. The van der Waals surface area contributed by atoms with Crippen LogP contribution in [0.1, 0.15) is 17.5 Å². The topological polar surface area (TPSA) is 53.0 Å². The van der Waals surface area contributed by atoms with Gasteiger partial charge in [0.15, 0.2) is 0 Å². The predicted octanol–water partition coefficient (Wildman–Crippen LogP) is 3.82. The number of aryl methyl sites for hydroxylation is 1. The number of hydrogen-bond donors (Lipinski definition) is 1. The molecule has 8 heteroatoms. The molecule has 0 saturated carbocycles. The van der Waals surface area contributed by atoms with E-state index in [1.807, 2.05) is 4.57 Å². The molecule has 2 aromatic carbocycles. The van der Waals surface area contributed by atoms with Crippen molar-refractivity contribution < 1.29 is 8.78 Å². The van der Waals surface area contributed by atoms with E-state index in [1.54, 1.807) is 12.7 Å². The monoisotopic (exact) mass is 450 g/mol. The number of rotatable bonds is 8. The molecule has 1 saturated heterocycles. The maximum Gasteiger partial charge on any atom is 0.126 e. The number of piperazine rings is 1. The van der Waals surface area contributed by atoms with Gasteiger partial charge in [-0.3, -0.25) is 4.57 Å². The fourth-order valence-corrected chi connectivity index (χ4v) is 4.64. The molecule has 1 aliphatic heterocycles. The first-order valence-corrected chi connectivity index (χ1v) is 11.5. The third-order valence-electron chi connectivity index (χ3n) is 6.49. The average molecular weight is 451 g/mol. The van der Waals surface area contributed by atoms with Crippen molar-refractivity contribution in [2.45, 2.75) is 19.3 Å². The zero-order valence-corrected chi connectivity index (χ0v) is 18.6. The molecule has 33 heavy (non-hydrogen) atoms. The van der Waals surface area contributed by atoms with Crippen LogP contribution in [-0.4, -0.2) is 68.8 Å². The van der Waals surface area contributed by atoms with Crippen LogP contribution in [0.15, 0.2) is 55.2 Å². The lowest BCUT2D eigenvalue weighted by molar-refractivity contribution is 0.132. The predicted molar refractivity (Wildman–Crippen MR) is 124 cm³/mol. The summed E-state index contributed by atoms with van der Waals surface area (Å²) in [5.41, 5.74) is 4.26. The molecular formula is C25H28F2N6. The number of nitrogens with one attached hydrogen (secondary N) is 1. The summed E-state index contributed by atoms with van der Waals surface area (Å²) >= 11 is 0. The minimum atomic E-state index is -0.500. The Labute approximate surface area is 191 Å². The molecule has 0 spiro atoms. The number of H-pyrrole nitrogens is 1. The van der Waals surface area contributed by atoms with E-state index in [0.29, 0.717) is 6.42 Å². The van der Waals surface area contributed by atoms with Crippen molar-refractivity contribution in [3.63, 3.8) is 0 Å². The minimum Gasteiger partial charge on any atom is -0.361 e. The average Bonchev–Trinajstić information content (AvgIpc) is 3.48. The molecule has 0 amide bonds. The Morgan fingerprint density at radius 3 is 2.24 bits per heavy atom. The summed E-state index contributed by atoms with van der Waals surface area (Å²) in [6.07, 6.45) is 8.34. The Morgan fingerprint density at radius 2 is 1.52 bits per heavy atom. The number of aromatic amines is 1. The van der Waals surface area contributed by atoms with Crippen LogP contribution in [0.5, 0.6) is 0 Å². The molecule has 1 aliphatic rings. The van der Waals surface area contributed by atoms with Gasteiger partial charge in [0.2, 0.25) is 0 Å². The lowest BCUT2D eigenvalue weighted by Gasteiger charge is -2.34. The van der Waals surface area contributed by atoms with E-state index in [0.717, 1.165) is 74.9 Å². The van der Waals surface area contributed by atoms with Gasteiger partial charge in [0.25, 0.3) is 0 Å². The third kappa shape index (κ3) is 5.29. The quantitative estimate of drug-likeness (QED) is 0.444. The van der Waals surface area contributed by atoms with E-state index >= 15 is 0 Å². The van der Waals surface area contributed by atoms with Gasteiger partial charge in [-0.15, -0.1) is 10.2 Å². The van der Waals surface area contributed by atoms with E-state index in [9.17, 15) is 8.78 Å². The first kappa shape index (κ1) is 21.7. The van der Waals surface area contributed by atoms with Crippen molar-refractivity contribution in [2.24, 2.45) is 0 Å². The summed E-state index contributed by atoms with van der Waals surface area (Å²) in [6, 6.07) is 10.1. The molecule has 5 rings (SSSR count). The lowest BCUT2D eigenvalue weighted by Crippen LogP contribution is -2.47. The molecule has 0 bridgehead atoms. The molecule has 6 nitrogen and oxygen atoms in total. The van der Waals surface area contributed by atoms with Crippen LogP contribution in [0.25, 0.3) is 16.6 Å². The highest BCUT2D eigenvalue weighted by Gasteiger charge is 2.17. The highest BCUT2D eigenvalue weighted by atomic mass is 19.1. The lowest BCUT2D eigenvalue weighted by atomic mass is 10.1. The van der Waals surface area contributed by atoms with Crippen LogP contribution < -0.4 is 0 Å². The summed E-state index contributed by atoms with van der Waals surface area (Å²) in [6.45, 7) is 5.95. The van der Waals surface area contributed by atoms with Crippen molar-refractivity contribution in [1.29, 1.82) is 0 Å². The summed E-state index contributed by atoms with van der Waals surface area (Å²) in [5.74, 6) is -1.00. The third-order valence-corrected chi connectivity index (χ3v) is 6.49. The van der Waals surface area contributed by atoms with E-state index in [2.05, 4.69) is 49.4 Å². The molecule has 2 aromatic heterocycles. The Bertz CT molecular complexity index is 1170. The van der Waals surface area contributed by atoms with Crippen molar-refractivity contribution in [1.82, 2.24) is 29.5 Å². The van der Waals surface area contributed by atoms with E-state index in [1.165, 1.54) is 23.1 Å². The molecule has 1 fully saturated rings. The highest BCUT2D eigenvalue weighted by molar-refractivity contribution is 5.85. The van der Waals surface area contributed by atoms with Gasteiger partial charge in [0, 0.05) is 61.6 Å². The molecule has 0 radical (unpaired) electrons. The summed E-state index contributed by atoms with van der Waals surface area (Å²) in [5, 5.41) is 9.04. The second kappa shape index (κ2) is 9.80. The Balaban J connectivity index is 1.09. The second-order valence-corrected chi connectivity index (χ2v) is 8.73. The van der Waals surface area contributed by atoms with Crippen molar-refractivity contribution in [3.8, 4) is 5.69 Å². The van der Waals surface area contributed by atoms with Crippen molar-refractivity contribution in [2.75, 3.05) is 39.3 Å². The Morgan fingerprint density at radius 1 is 0.818 bits per heavy atom. The van der Waals surface area contributed by atoms with Gasteiger partial charge >= 0.3 is 0 Å². The van der Waals surface area contributed by atoms with Crippen LogP contribution in [0.3, 0.4) is 0 Å². The first-order chi connectivity index (χ1) is 16.1. The van der Waals surface area contributed by atoms with Crippen molar-refractivity contribution in [3.05, 3.63) is 78.0 Å². The zero-order chi connectivity index (χ0) is 22.6. The molecule has 0 atom stereocenters. The zero-order valence-electron chi connectivity index (χ0n) is 18.6. The Hall–Kier alpha value is -3.10. The molecule has 3 heterocycles. The fraction of sp³-hybridized carbons (Fsp3) is 0.360. The summed E-state index contributed by atoms with van der Waals surface area (Å²) in [7, 11) is 0. The number of nitrogens with zero attached hydrogens (tertiary/aromatic N) is 5. The maximum absolute atomic E-state index is 13.4. The number of fused-ring (bicyclic) bond motifs is 1. The number of hydrogen-bond acceptors (Lipinski definition) is 4. The van der Waals surface area contributed by atoms with Gasteiger partial charge in [-0.1, -0.05) is 0 Å². The smallest absolute Gasteiger partial charge is 0.126 e. The van der Waals surface area contributed by atoms with Crippen LogP contribution in [0, 0.1) is 11.6 Å². The van der Waals surface area contributed by atoms with Gasteiger partial charge in [-0.2, -0.15) is 0 Å². The first-order valence-electron chi connectivity index (χ1n) is 11.5. The second-order valence-electron chi connectivity index (χ2n) is 8.73. The maximum atomic E-state index is 13.4. The van der Waals surface area contributed by atoms with Gasteiger partial charge in [-0.05, 0) is 67.3 Å².